The predicted molar refractivity (Wildman–Crippen MR) is 118 cm³/mol. The second kappa shape index (κ2) is 7.81. The van der Waals surface area contributed by atoms with Crippen LogP contribution >= 0.6 is 11.3 Å². The lowest BCUT2D eigenvalue weighted by molar-refractivity contribution is -0.120. The average molecular weight is 434 g/mol. The van der Waals surface area contributed by atoms with Gasteiger partial charge in [-0.05, 0) is 47.8 Å². The van der Waals surface area contributed by atoms with Crippen molar-refractivity contribution in [3.63, 3.8) is 0 Å². The van der Waals surface area contributed by atoms with Crippen LogP contribution in [0.1, 0.15) is 4.88 Å². The zero-order valence-corrected chi connectivity index (χ0v) is 17.4. The highest BCUT2D eigenvalue weighted by atomic mass is 32.1. The summed E-state index contributed by atoms with van der Waals surface area (Å²) in [4.78, 5) is 28.6. The van der Waals surface area contributed by atoms with Crippen molar-refractivity contribution < 1.29 is 23.8 Å². The van der Waals surface area contributed by atoms with Crippen LogP contribution in [0.5, 0.6) is 17.2 Å². The van der Waals surface area contributed by atoms with E-state index in [1.54, 1.807) is 49.6 Å². The molecule has 3 aromatic rings. The van der Waals surface area contributed by atoms with E-state index in [1.165, 1.54) is 16.2 Å². The summed E-state index contributed by atoms with van der Waals surface area (Å²) in [5, 5.41) is 5.02. The Morgan fingerprint density at radius 2 is 1.74 bits per heavy atom. The van der Waals surface area contributed by atoms with Crippen molar-refractivity contribution in [1.29, 1.82) is 0 Å². The lowest BCUT2D eigenvalue weighted by Gasteiger charge is -2.19. The minimum absolute atomic E-state index is 0.222. The summed E-state index contributed by atoms with van der Waals surface area (Å²) in [6, 6.07) is 15.8. The monoisotopic (exact) mass is 434 g/mol. The van der Waals surface area contributed by atoms with Gasteiger partial charge in [0.25, 0.3) is 11.8 Å². The molecule has 0 aliphatic carbocycles. The molecule has 5 rings (SSSR count). The third kappa shape index (κ3) is 3.40. The summed E-state index contributed by atoms with van der Waals surface area (Å²) in [6.45, 7) is 0.958. The minimum atomic E-state index is -0.423. The van der Waals surface area contributed by atoms with E-state index < -0.39 is 5.91 Å². The third-order valence-electron chi connectivity index (χ3n) is 4.99. The van der Waals surface area contributed by atoms with Gasteiger partial charge in [0.2, 0.25) is 0 Å². The Kier molecular flexibility index (Phi) is 4.83. The van der Waals surface area contributed by atoms with E-state index in [0.29, 0.717) is 47.4 Å². The molecule has 0 spiro atoms. The van der Waals surface area contributed by atoms with E-state index in [-0.39, 0.29) is 11.6 Å². The topological polar surface area (TPSA) is 77.1 Å². The lowest BCUT2D eigenvalue weighted by Crippen LogP contribution is -2.32. The number of imide groups is 1. The van der Waals surface area contributed by atoms with E-state index in [1.807, 2.05) is 17.5 Å². The molecule has 1 aromatic heterocycles. The molecule has 156 valence electrons. The van der Waals surface area contributed by atoms with Crippen molar-refractivity contribution in [3.8, 4) is 17.2 Å². The number of hydrogen-bond acceptors (Lipinski definition) is 7. The number of nitrogens with zero attached hydrogens (tertiary/aromatic N) is 1. The smallest absolute Gasteiger partial charge is 0.282 e. The van der Waals surface area contributed by atoms with Crippen molar-refractivity contribution in [1.82, 2.24) is 0 Å². The molecule has 2 amide bonds. The molecule has 0 radical (unpaired) electrons. The minimum Gasteiger partial charge on any atom is -0.497 e. The first-order valence-electron chi connectivity index (χ1n) is 9.63. The van der Waals surface area contributed by atoms with Gasteiger partial charge in [0, 0.05) is 16.6 Å². The van der Waals surface area contributed by atoms with Crippen molar-refractivity contribution in [2.24, 2.45) is 0 Å². The van der Waals surface area contributed by atoms with Crippen molar-refractivity contribution in [3.05, 3.63) is 70.6 Å². The maximum absolute atomic E-state index is 13.4. The maximum atomic E-state index is 13.4. The lowest BCUT2D eigenvalue weighted by atomic mass is 10.1. The number of nitrogens with one attached hydrogen (secondary N) is 1. The van der Waals surface area contributed by atoms with Gasteiger partial charge in [0.1, 0.15) is 24.7 Å². The quantitative estimate of drug-likeness (QED) is 0.614. The number of methoxy groups -OCH3 is 1. The summed E-state index contributed by atoms with van der Waals surface area (Å²) >= 11 is 1.40. The first kappa shape index (κ1) is 19.2. The second-order valence-corrected chi connectivity index (χ2v) is 7.80. The summed E-state index contributed by atoms with van der Waals surface area (Å²) in [5.74, 6) is 1.09. The number of benzene rings is 2. The van der Waals surface area contributed by atoms with E-state index in [2.05, 4.69) is 5.32 Å². The van der Waals surface area contributed by atoms with Gasteiger partial charge in [-0.1, -0.05) is 6.07 Å². The number of fused-ring (bicyclic) bond motifs is 1. The molecule has 7 nitrogen and oxygen atoms in total. The first-order chi connectivity index (χ1) is 15.2. The fourth-order valence-corrected chi connectivity index (χ4v) is 4.29. The molecule has 0 unspecified atom stereocenters. The van der Waals surface area contributed by atoms with Gasteiger partial charge in [0.05, 0.1) is 18.4 Å². The molecule has 31 heavy (non-hydrogen) atoms. The highest BCUT2D eigenvalue weighted by molar-refractivity contribution is 7.11. The average Bonchev–Trinajstić information content (AvgIpc) is 3.40. The molecular formula is C23H18N2O5S. The molecule has 8 heteroatoms. The van der Waals surface area contributed by atoms with Crippen LogP contribution in [-0.2, 0) is 9.59 Å². The van der Waals surface area contributed by atoms with E-state index in [0.717, 1.165) is 4.88 Å². The molecule has 0 saturated heterocycles. The van der Waals surface area contributed by atoms with Crippen LogP contribution in [0.25, 0.3) is 5.57 Å². The van der Waals surface area contributed by atoms with Crippen LogP contribution < -0.4 is 24.4 Å². The largest absolute Gasteiger partial charge is 0.497 e. The number of hydrogen-bond donors (Lipinski definition) is 1. The molecule has 2 aromatic carbocycles. The molecular weight excluding hydrogens is 416 g/mol. The fraction of sp³-hybridized carbons (Fsp3) is 0.130. The van der Waals surface area contributed by atoms with Crippen molar-refractivity contribution in [2.45, 2.75) is 0 Å². The van der Waals surface area contributed by atoms with Crippen LogP contribution in [0.2, 0.25) is 0 Å². The van der Waals surface area contributed by atoms with Gasteiger partial charge in [-0.15, -0.1) is 11.3 Å². The van der Waals surface area contributed by atoms with Gasteiger partial charge in [-0.2, -0.15) is 0 Å². The SMILES string of the molecule is COc1ccc(N2C(=O)C(Nc3ccc4c(c3)OCCO4)=C(c3cccs3)C2=O)cc1. The first-order valence-corrected chi connectivity index (χ1v) is 10.5. The Morgan fingerprint density at radius 1 is 0.968 bits per heavy atom. The normalized spacial score (nSPS) is 15.5. The fourth-order valence-electron chi connectivity index (χ4n) is 3.53. The van der Waals surface area contributed by atoms with Crippen LogP contribution in [0.3, 0.4) is 0 Å². The summed E-state index contributed by atoms with van der Waals surface area (Å²) in [7, 11) is 1.56. The number of carbonyl (C=O) groups is 2. The van der Waals surface area contributed by atoms with Crippen molar-refractivity contribution >= 4 is 40.1 Å². The molecule has 0 fully saturated rings. The second-order valence-electron chi connectivity index (χ2n) is 6.85. The summed E-state index contributed by atoms with van der Waals surface area (Å²) in [5.41, 5.74) is 1.67. The van der Waals surface area contributed by atoms with Gasteiger partial charge < -0.3 is 19.5 Å². The highest BCUT2D eigenvalue weighted by Gasteiger charge is 2.40. The van der Waals surface area contributed by atoms with Gasteiger partial charge >= 0.3 is 0 Å². The number of thiophene rings is 1. The van der Waals surface area contributed by atoms with Gasteiger partial charge in [0.15, 0.2) is 11.5 Å². The third-order valence-corrected chi connectivity index (χ3v) is 5.88. The number of carbonyl (C=O) groups excluding carboxylic acids is 2. The Labute approximate surface area is 182 Å². The molecule has 1 N–H and O–H groups in total. The van der Waals surface area contributed by atoms with Gasteiger partial charge in [-0.3, -0.25) is 9.59 Å². The van der Waals surface area contributed by atoms with Crippen LogP contribution in [0.15, 0.2) is 65.7 Å². The van der Waals surface area contributed by atoms with E-state index >= 15 is 0 Å². The molecule has 0 bridgehead atoms. The zero-order chi connectivity index (χ0) is 21.4. The summed E-state index contributed by atoms with van der Waals surface area (Å²) < 4.78 is 16.4. The Bertz CT molecular complexity index is 1190. The number of anilines is 2. The van der Waals surface area contributed by atoms with Crippen LogP contribution in [0.4, 0.5) is 11.4 Å². The zero-order valence-electron chi connectivity index (χ0n) is 16.6. The highest BCUT2D eigenvalue weighted by Crippen LogP contribution is 2.38. The Balaban J connectivity index is 1.53. The predicted octanol–water partition coefficient (Wildman–Crippen LogP) is 3.92. The van der Waals surface area contributed by atoms with Crippen molar-refractivity contribution in [2.75, 3.05) is 30.5 Å². The van der Waals surface area contributed by atoms with E-state index in [4.69, 9.17) is 14.2 Å². The van der Waals surface area contributed by atoms with Crippen LogP contribution in [-0.4, -0.2) is 32.1 Å². The Hall–Kier alpha value is -3.78. The maximum Gasteiger partial charge on any atom is 0.282 e. The Morgan fingerprint density at radius 3 is 2.45 bits per heavy atom. The molecule has 2 aliphatic rings. The van der Waals surface area contributed by atoms with E-state index in [9.17, 15) is 9.59 Å². The molecule has 0 saturated carbocycles. The number of rotatable bonds is 5. The summed E-state index contributed by atoms with van der Waals surface area (Å²) in [6.07, 6.45) is 0. The molecule has 2 aliphatic heterocycles. The standard InChI is InChI=1S/C23H18N2O5S/c1-28-16-7-5-15(6-8-16)25-22(26)20(19-3-2-12-31-19)21(23(25)27)24-14-4-9-17-18(13-14)30-11-10-29-17/h2-9,12-13,24H,10-11H2,1H3. The molecule has 3 heterocycles. The van der Waals surface area contributed by atoms with Crippen LogP contribution in [0, 0.1) is 0 Å². The molecule has 0 atom stereocenters. The van der Waals surface area contributed by atoms with Gasteiger partial charge in [-0.25, -0.2) is 4.90 Å². The number of ether oxygens (including phenoxy) is 3. The number of amides is 2.